The summed E-state index contributed by atoms with van der Waals surface area (Å²) in [4.78, 5) is 62.1. The van der Waals surface area contributed by atoms with Gasteiger partial charge in [0.1, 0.15) is 23.9 Å². The highest BCUT2D eigenvalue weighted by Gasteiger charge is 2.56. The fourth-order valence-electron chi connectivity index (χ4n) is 5.06. The average molecular weight is 531 g/mol. The van der Waals surface area contributed by atoms with Gasteiger partial charge in [0.15, 0.2) is 0 Å². The third-order valence-electron chi connectivity index (χ3n) is 6.58. The molecular formula is C27H38N4O7. The number of ether oxygens (including phenoxy) is 2. The predicted octanol–water partition coefficient (Wildman–Crippen LogP) is 3.63. The summed E-state index contributed by atoms with van der Waals surface area (Å²) in [5.74, 6) is -0.257. The number of amides is 5. The van der Waals surface area contributed by atoms with Crippen LogP contribution in [0.2, 0.25) is 0 Å². The van der Waals surface area contributed by atoms with Crippen LogP contribution in [-0.2, 0) is 25.7 Å². The van der Waals surface area contributed by atoms with Crippen LogP contribution in [-0.4, -0.2) is 93.4 Å². The largest absolute Gasteiger partial charge is 0.443 e. The molecule has 3 saturated heterocycles. The molecule has 11 heteroatoms. The van der Waals surface area contributed by atoms with Gasteiger partial charge < -0.3 is 19.3 Å². The van der Waals surface area contributed by atoms with Crippen molar-refractivity contribution in [3.63, 3.8) is 0 Å². The zero-order valence-electron chi connectivity index (χ0n) is 23.0. The first-order chi connectivity index (χ1) is 17.7. The number of nitrogens with zero attached hydrogens (tertiary/aromatic N) is 4. The zero-order valence-corrected chi connectivity index (χ0v) is 23.0. The summed E-state index contributed by atoms with van der Waals surface area (Å²) in [6.45, 7) is 11.4. The third-order valence-corrected chi connectivity index (χ3v) is 6.58. The maximum absolute atomic E-state index is 13.4. The molecule has 208 valence electrons. The first kappa shape index (κ1) is 27.7. The maximum atomic E-state index is 13.4. The molecule has 1 aromatic carbocycles. The van der Waals surface area contributed by atoms with E-state index in [4.69, 9.17) is 14.3 Å². The molecule has 0 unspecified atom stereocenters. The highest BCUT2D eigenvalue weighted by Crippen LogP contribution is 2.38. The Morgan fingerprint density at radius 2 is 1.55 bits per heavy atom. The van der Waals surface area contributed by atoms with Gasteiger partial charge in [-0.2, -0.15) is 5.06 Å². The molecule has 0 aromatic heterocycles. The van der Waals surface area contributed by atoms with E-state index in [1.54, 1.807) is 51.3 Å². The number of imide groups is 1. The summed E-state index contributed by atoms with van der Waals surface area (Å²) in [7, 11) is 0. The molecule has 3 aliphatic heterocycles. The molecule has 4 rings (SSSR count). The van der Waals surface area contributed by atoms with Gasteiger partial charge in [-0.1, -0.05) is 30.3 Å². The number of hydrogen-bond donors (Lipinski definition) is 0. The van der Waals surface area contributed by atoms with E-state index in [1.165, 1.54) is 5.06 Å². The smallest absolute Gasteiger partial charge is 0.419 e. The molecule has 0 spiro atoms. The van der Waals surface area contributed by atoms with Crippen molar-refractivity contribution in [2.24, 2.45) is 5.92 Å². The van der Waals surface area contributed by atoms with Crippen molar-refractivity contribution in [1.82, 2.24) is 19.8 Å². The number of urea groups is 1. The monoisotopic (exact) mass is 530 g/mol. The van der Waals surface area contributed by atoms with Crippen molar-refractivity contribution in [1.29, 1.82) is 0 Å². The van der Waals surface area contributed by atoms with Gasteiger partial charge in [0.2, 0.25) is 5.91 Å². The Bertz CT molecular complexity index is 1040. The minimum Gasteiger partial charge on any atom is -0.443 e. The van der Waals surface area contributed by atoms with Crippen LogP contribution in [0.3, 0.4) is 0 Å². The van der Waals surface area contributed by atoms with Gasteiger partial charge in [-0.15, -0.1) is 0 Å². The van der Waals surface area contributed by atoms with Gasteiger partial charge in [-0.05, 0) is 53.5 Å². The topological polar surface area (TPSA) is 109 Å². The second-order valence-corrected chi connectivity index (χ2v) is 12.0. The van der Waals surface area contributed by atoms with E-state index in [9.17, 15) is 19.2 Å². The van der Waals surface area contributed by atoms with E-state index in [0.717, 1.165) is 10.5 Å². The van der Waals surface area contributed by atoms with Crippen LogP contribution in [0.4, 0.5) is 14.4 Å². The molecule has 0 saturated carbocycles. The maximum Gasteiger partial charge on any atom is 0.419 e. The molecule has 3 heterocycles. The van der Waals surface area contributed by atoms with Crippen LogP contribution >= 0.6 is 0 Å². The lowest BCUT2D eigenvalue weighted by Gasteiger charge is -2.30. The Labute approximate surface area is 223 Å². The lowest BCUT2D eigenvalue weighted by molar-refractivity contribution is -0.142. The Morgan fingerprint density at radius 3 is 2.13 bits per heavy atom. The van der Waals surface area contributed by atoms with Gasteiger partial charge in [0, 0.05) is 25.6 Å². The van der Waals surface area contributed by atoms with Crippen LogP contribution < -0.4 is 0 Å². The molecule has 3 aliphatic rings. The van der Waals surface area contributed by atoms with Crippen LogP contribution in [0.25, 0.3) is 0 Å². The second-order valence-electron chi connectivity index (χ2n) is 12.0. The van der Waals surface area contributed by atoms with E-state index in [1.807, 2.05) is 30.3 Å². The highest BCUT2D eigenvalue weighted by molar-refractivity contribution is 5.91. The zero-order chi connectivity index (χ0) is 27.8. The van der Waals surface area contributed by atoms with Crippen molar-refractivity contribution < 1.29 is 33.5 Å². The molecule has 0 aliphatic carbocycles. The number of benzene rings is 1. The molecule has 0 radical (unpaired) electrons. The first-order valence-corrected chi connectivity index (χ1v) is 13.0. The number of fused-ring (bicyclic) bond motifs is 4. The third kappa shape index (κ3) is 6.20. The van der Waals surface area contributed by atoms with Gasteiger partial charge in [0.25, 0.3) is 0 Å². The van der Waals surface area contributed by atoms with E-state index in [-0.39, 0.29) is 43.6 Å². The van der Waals surface area contributed by atoms with Gasteiger partial charge in [-0.3, -0.25) is 9.63 Å². The van der Waals surface area contributed by atoms with Crippen molar-refractivity contribution in [3.8, 4) is 0 Å². The van der Waals surface area contributed by atoms with Gasteiger partial charge >= 0.3 is 18.2 Å². The van der Waals surface area contributed by atoms with Gasteiger partial charge in [-0.25, -0.2) is 19.3 Å². The van der Waals surface area contributed by atoms with Crippen molar-refractivity contribution in [2.75, 3.05) is 26.2 Å². The molecule has 11 nitrogen and oxygen atoms in total. The number of hydroxylamine groups is 2. The average Bonchev–Trinajstić information content (AvgIpc) is 3.24. The molecule has 3 fully saturated rings. The highest BCUT2D eigenvalue weighted by atomic mass is 16.7. The Hall–Kier alpha value is -3.34. The number of hydrogen-bond acceptors (Lipinski definition) is 7. The Kier molecular flexibility index (Phi) is 7.60. The molecule has 3 atom stereocenters. The molecular weight excluding hydrogens is 492 g/mol. The number of rotatable bonds is 6. The number of piperidine rings is 1. The lowest BCUT2D eigenvalue weighted by Crippen LogP contribution is -2.49. The summed E-state index contributed by atoms with van der Waals surface area (Å²) < 4.78 is 10.8. The lowest BCUT2D eigenvalue weighted by atomic mass is 9.90. The quantitative estimate of drug-likeness (QED) is 0.553. The molecule has 5 amide bonds. The standard InChI is InChI=1S/C27H38N4O7/c1-26(2,3)37-24(34)29(25(35)38-27(4,5)6)13-12-28-15-19-14-20-16-30(21(19)22(28)32)23(33)31(20)36-17-18-10-8-7-9-11-18/h7-11,19-21H,12-17H2,1-6H3/t19-,20+,21-/m0/s1. The summed E-state index contributed by atoms with van der Waals surface area (Å²) in [6.07, 6.45) is -1.04. The predicted molar refractivity (Wildman–Crippen MR) is 137 cm³/mol. The number of carbonyl (C=O) groups is 4. The van der Waals surface area contributed by atoms with E-state index in [2.05, 4.69) is 0 Å². The number of carbonyl (C=O) groups excluding carboxylic acids is 4. The minimum absolute atomic E-state index is 0.0629. The Balaban J connectivity index is 1.39. The van der Waals surface area contributed by atoms with Crippen LogP contribution in [0, 0.1) is 5.92 Å². The first-order valence-electron chi connectivity index (χ1n) is 13.0. The van der Waals surface area contributed by atoms with Crippen LogP contribution in [0.5, 0.6) is 0 Å². The minimum atomic E-state index is -0.833. The fraction of sp³-hybridized carbons (Fsp3) is 0.630. The van der Waals surface area contributed by atoms with E-state index in [0.29, 0.717) is 19.5 Å². The molecule has 0 N–H and O–H groups in total. The summed E-state index contributed by atoms with van der Waals surface area (Å²) in [5, 5.41) is 1.41. The normalized spacial score (nSPS) is 23.0. The van der Waals surface area contributed by atoms with Gasteiger partial charge in [0.05, 0.1) is 12.6 Å². The summed E-state index contributed by atoms with van der Waals surface area (Å²) >= 11 is 0. The molecule has 1 aromatic rings. The van der Waals surface area contributed by atoms with E-state index < -0.39 is 29.4 Å². The van der Waals surface area contributed by atoms with Crippen molar-refractivity contribution in [3.05, 3.63) is 35.9 Å². The molecule has 38 heavy (non-hydrogen) atoms. The number of likely N-dealkylation sites (tertiary alicyclic amines) is 1. The van der Waals surface area contributed by atoms with E-state index >= 15 is 0 Å². The summed E-state index contributed by atoms with van der Waals surface area (Å²) in [6, 6.07) is 8.58. The van der Waals surface area contributed by atoms with Crippen LogP contribution in [0.1, 0.15) is 53.5 Å². The second kappa shape index (κ2) is 10.4. The summed E-state index contributed by atoms with van der Waals surface area (Å²) in [5.41, 5.74) is -0.660. The van der Waals surface area contributed by atoms with Crippen molar-refractivity contribution >= 4 is 24.1 Å². The SMILES string of the molecule is CC(C)(C)OC(=O)N(CCN1C[C@@H]2C[C@@H]3CN(C(=O)N3OCc3ccccc3)[C@@H]2C1=O)C(=O)OC(C)(C)C. The Morgan fingerprint density at radius 1 is 0.947 bits per heavy atom. The fourth-order valence-corrected chi connectivity index (χ4v) is 5.06. The van der Waals surface area contributed by atoms with Crippen molar-refractivity contribution in [2.45, 2.75) is 77.9 Å². The van der Waals surface area contributed by atoms with Crippen LogP contribution in [0.15, 0.2) is 30.3 Å². The molecule has 2 bridgehead atoms.